The van der Waals surface area contributed by atoms with E-state index in [0.29, 0.717) is 23.5 Å². The second kappa shape index (κ2) is 4.06. The van der Waals surface area contributed by atoms with Crippen molar-refractivity contribution in [2.45, 2.75) is 13.3 Å². The molecule has 0 aromatic carbocycles. The van der Waals surface area contributed by atoms with Crippen LogP contribution in [-0.2, 0) is 0 Å². The molecular formula is C9H10FN3OS. The van der Waals surface area contributed by atoms with Gasteiger partial charge in [0.15, 0.2) is 0 Å². The molecule has 2 rings (SSSR count). The monoisotopic (exact) mass is 227 g/mol. The molecule has 6 heteroatoms. The lowest BCUT2D eigenvalue weighted by Gasteiger charge is -2.23. The number of halogens is 1. The first-order valence-electron chi connectivity index (χ1n) is 4.61. The van der Waals surface area contributed by atoms with E-state index in [1.54, 1.807) is 6.92 Å². The van der Waals surface area contributed by atoms with Crippen LogP contribution in [-0.4, -0.2) is 33.5 Å². The Hall–Kier alpha value is -1.30. The molecule has 1 aromatic rings. The summed E-state index contributed by atoms with van der Waals surface area (Å²) in [4.78, 5) is 13.9. The molecule has 0 radical (unpaired) electrons. The maximum atomic E-state index is 13.0. The van der Waals surface area contributed by atoms with E-state index in [4.69, 9.17) is 0 Å². The van der Waals surface area contributed by atoms with E-state index in [-0.39, 0.29) is 18.3 Å². The lowest BCUT2D eigenvalue weighted by molar-refractivity contribution is 0.0759. The zero-order chi connectivity index (χ0) is 10.8. The van der Waals surface area contributed by atoms with Gasteiger partial charge in [-0.05, 0) is 31.0 Å². The van der Waals surface area contributed by atoms with Crippen LogP contribution in [0.1, 0.15) is 21.8 Å². The van der Waals surface area contributed by atoms with Gasteiger partial charge in [0.1, 0.15) is 10.7 Å². The summed E-state index contributed by atoms with van der Waals surface area (Å²) < 4.78 is 16.7. The fourth-order valence-electron chi connectivity index (χ4n) is 1.45. The molecule has 1 aliphatic rings. The largest absolute Gasteiger partial charge is 0.331 e. The fourth-order valence-corrected chi connectivity index (χ4v) is 2.07. The second-order valence-electron chi connectivity index (χ2n) is 3.35. The average Bonchev–Trinajstić information content (AvgIpc) is 2.63. The average molecular weight is 227 g/mol. The Morgan fingerprint density at radius 1 is 1.67 bits per heavy atom. The molecule has 0 saturated heterocycles. The number of carbonyl (C=O) groups is 1. The first-order valence-corrected chi connectivity index (χ1v) is 5.38. The zero-order valence-electron chi connectivity index (χ0n) is 8.23. The maximum absolute atomic E-state index is 13.0. The van der Waals surface area contributed by atoms with Gasteiger partial charge in [-0.25, -0.2) is 4.39 Å². The van der Waals surface area contributed by atoms with Crippen LogP contribution in [0.4, 0.5) is 4.39 Å². The highest BCUT2D eigenvalue weighted by Gasteiger charge is 2.23. The first kappa shape index (κ1) is 10.2. The zero-order valence-corrected chi connectivity index (χ0v) is 9.05. The van der Waals surface area contributed by atoms with E-state index in [1.165, 1.54) is 11.0 Å². The third-order valence-electron chi connectivity index (χ3n) is 2.24. The van der Waals surface area contributed by atoms with Crippen LogP contribution in [0.3, 0.4) is 0 Å². The van der Waals surface area contributed by atoms with Gasteiger partial charge in [-0.15, -0.1) is 5.10 Å². The summed E-state index contributed by atoms with van der Waals surface area (Å²) in [5, 5.41) is 3.76. The fraction of sp³-hybridized carbons (Fsp3) is 0.444. The van der Waals surface area contributed by atoms with Crippen LogP contribution >= 0.6 is 11.5 Å². The summed E-state index contributed by atoms with van der Waals surface area (Å²) in [5.41, 5.74) is 0.611. The second-order valence-corrected chi connectivity index (χ2v) is 4.11. The Bertz CT molecular complexity index is 415. The Labute approximate surface area is 90.6 Å². The maximum Gasteiger partial charge on any atom is 0.267 e. The Balaban J connectivity index is 2.16. The minimum absolute atomic E-state index is 0.0656. The first-order chi connectivity index (χ1) is 7.18. The third kappa shape index (κ3) is 2.04. The number of carbonyl (C=O) groups excluding carboxylic acids is 1. The number of aryl methyl sites for hydroxylation is 1. The van der Waals surface area contributed by atoms with Gasteiger partial charge in [-0.2, -0.15) is 0 Å². The quantitative estimate of drug-likeness (QED) is 0.731. The highest BCUT2D eigenvalue weighted by Crippen LogP contribution is 2.17. The molecular weight excluding hydrogens is 217 g/mol. The van der Waals surface area contributed by atoms with Gasteiger partial charge in [0.25, 0.3) is 5.91 Å². The number of rotatable bonds is 1. The van der Waals surface area contributed by atoms with Crippen molar-refractivity contribution in [3.05, 3.63) is 22.5 Å². The minimum atomic E-state index is -0.246. The van der Waals surface area contributed by atoms with Crippen molar-refractivity contribution in [3.63, 3.8) is 0 Å². The van der Waals surface area contributed by atoms with Crippen molar-refractivity contribution in [1.29, 1.82) is 0 Å². The molecule has 0 unspecified atom stereocenters. The number of hydrogen-bond acceptors (Lipinski definition) is 4. The number of nitrogens with zero attached hydrogens (tertiary/aromatic N) is 3. The molecule has 1 aliphatic heterocycles. The molecule has 4 nitrogen and oxygen atoms in total. The van der Waals surface area contributed by atoms with Crippen LogP contribution in [0.15, 0.2) is 11.9 Å². The van der Waals surface area contributed by atoms with Gasteiger partial charge in [-0.1, -0.05) is 4.49 Å². The molecule has 0 atom stereocenters. The highest BCUT2D eigenvalue weighted by molar-refractivity contribution is 7.07. The van der Waals surface area contributed by atoms with E-state index in [2.05, 4.69) is 9.59 Å². The van der Waals surface area contributed by atoms with Gasteiger partial charge in [0.2, 0.25) is 0 Å². The van der Waals surface area contributed by atoms with Crippen molar-refractivity contribution in [3.8, 4) is 0 Å². The molecule has 0 fully saturated rings. The van der Waals surface area contributed by atoms with Crippen LogP contribution in [0.2, 0.25) is 0 Å². The van der Waals surface area contributed by atoms with Crippen LogP contribution in [0, 0.1) is 6.92 Å². The number of amides is 1. The normalized spacial score (nSPS) is 16.4. The standard InChI is InChI=1S/C9H10FN3OS/c1-6-8(15-12-11-6)9(14)13-4-2-3-7(10)5-13/h3H,2,4-5H2,1H3. The molecule has 2 heterocycles. The predicted octanol–water partition coefficient (Wildman–Crippen LogP) is 1.55. The number of aromatic nitrogens is 2. The summed E-state index contributed by atoms with van der Waals surface area (Å²) in [5.74, 6) is -0.421. The minimum Gasteiger partial charge on any atom is -0.331 e. The van der Waals surface area contributed by atoms with Crippen molar-refractivity contribution in [2.24, 2.45) is 0 Å². The number of hydrogen-bond donors (Lipinski definition) is 0. The van der Waals surface area contributed by atoms with Gasteiger partial charge >= 0.3 is 0 Å². The lowest BCUT2D eigenvalue weighted by atomic mass is 10.2. The molecule has 1 aromatic heterocycles. The van der Waals surface area contributed by atoms with Crippen LogP contribution in [0.25, 0.3) is 0 Å². The van der Waals surface area contributed by atoms with Crippen molar-refractivity contribution < 1.29 is 9.18 Å². The van der Waals surface area contributed by atoms with Crippen LogP contribution in [0.5, 0.6) is 0 Å². The Morgan fingerprint density at radius 3 is 3.07 bits per heavy atom. The topological polar surface area (TPSA) is 46.1 Å². The van der Waals surface area contributed by atoms with Crippen molar-refractivity contribution >= 4 is 17.4 Å². The van der Waals surface area contributed by atoms with E-state index >= 15 is 0 Å². The summed E-state index contributed by atoms with van der Waals surface area (Å²) in [6.45, 7) is 2.35. The molecule has 0 aliphatic carbocycles. The molecule has 0 saturated carbocycles. The summed E-state index contributed by atoms with van der Waals surface area (Å²) in [6.07, 6.45) is 2.09. The van der Waals surface area contributed by atoms with Crippen molar-refractivity contribution in [2.75, 3.05) is 13.1 Å². The molecule has 80 valence electrons. The molecule has 1 amide bonds. The Morgan fingerprint density at radius 2 is 2.47 bits per heavy atom. The smallest absolute Gasteiger partial charge is 0.267 e. The third-order valence-corrected chi connectivity index (χ3v) is 3.06. The van der Waals surface area contributed by atoms with E-state index < -0.39 is 0 Å². The lowest BCUT2D eigenvalue weighted by Crippen LogP contribution is -2.35. The van der Waals surface area contributed by atoms with E-state index in [0.717, 1.165) is 11.5 Å². The van der Waals surface area contributed by atoms with Gasteiger partial charge < -0.3 is 4.90 Å². The van der Waals surface area contributed by atoms with Crippen molar-refractivity contribution in [1.82, 2.24) is 14.5 Å². The molecule has 0 spiro atoms. The SMILES string of the molecule is Cc1nnsc1C(=O)N1CCC=C(F)C1. The summed E-state index contributed by atoms with van der Waals surface area (Å²) in [6, 6.07) is 0. The molecule has 0 N–H and O–H groups in total. The Kier molecular flexibility index (Phi) is 2.77. The summed E-state index contributed by atoms with van der Waals surface area (Å²) >= 11 is 1.06. The molecule has 0 bridgehead atoms. The molecule has 15 heavy (non-hydrogen) atoms. The van der Waals surface area contributed by atoms with E-state index in [1.807, 2.05) is 0 Å². The summed E-state index contributed by atoms with van der Waals surface area (Å²) in [7, 11) is 0. The van der Waals surface area contributed by atoms with E-state index in [9.17, 15) is 9.18 Å². The van der Waals surface area contributed by atoms with Crippen LogP contribution < -0.4 is 0 Å². The van der Waals surface area contributed by atoms with Gasteiger partial charge in [0, 0.05) is 6.54 Å². The highest BCUT2D eigenvalue weighted by atomic mass is 32.1. The van der Waals surface area contributed by atoms with Gasteiger partial charge in [0.05, 0.1) is 12.2 Å². The van der Waals surface area contributed by atoms with Gasteiger partial charge in [-0.3, -0.25) is 4.79 Å². The predicted molar refractivity (Wildman–Crippen MR) is 54.4 cm³/mol.